The van der Waals surface area contributed by atoms with Gasteiger partial charge in [-0.1, -0.05) is 30.3 Å². The van der Waals surface area contributed by atoms with E-state index in [0.29, 0.717) is 13.2 Å². The largest absolute Gasteiger partial charge is 0.469 e. The van der Waals surface area contributed by atoms with Gasteiger partial charge >= 0.3 is 0 Å². The normalized spacial score (nSPS) is 12.8. The van der Waals surface area contributed by atoms with Gasteiger partial charge in [0.05, 0.1) is 12.9 Å². The van der Waals surface area contributed by atoms with Crippen molar-refractivity contribution in [2.45, 2.75) is 25.8 Å². The molecule has 0 radical (unpaired) electrons. The summed E-state index contributed by atoms with van der Waals surface area (Å²) in [7, 11) is 1.70. The first-order valence-electron chi connectivity index (χ1n) is 8.38. The van der Waals surface area contributed by atoms with E-state index in [-0.39, 0.29) is 6.04 Å². The first-order valence-corrected chi connectivity index (χ1v) is 8.38. The zero-order valence-corrected chi connectivity index (χ0v) is 14.5. The van der Waals surface area contributed by atoms with Crippen molar-refractivity contribution < 1.29 is 9.15 Å². The minimum absolute atomic E-state index is 0.196. The summed E-state index contributed by atoms with van der Waals surface area (Å²) >= 11 is 0. The Morgan fingerprint density at radius 1 is 1.17 bits per heavy atom. The summed E-state index contributed by atoms with van der Waals surface area (Å²) in [4.78, 5) is 4.63. The Balaban J connectivity index is 1.83. The number of hydrogen-bond acceptors (Lipinski definition) is 3. The van der Waals surface area contributed by atoms with E-state index in [9.17, 15) is 0 Å². The van der Waals surface area contributed by atoms with E-state index in [0.717, 1.165) is 31.1 Å². The number of hydrogen-bond donors (Lipinski definition) is 2. The van der Waals surface area contributed by atoms with Crippen molar-refractivity contribution in [2.75, 3.05) is 26.8 Å². The van der Waals surface area contributed by atoms with Crippen LogP contribution in [0.15, 0.2) is 58.1 Å². The van der Waals surface area contributed by atoms with Gasteiger partial charge in [0.2, 0.25) is 0 Å². The Morgan fingerprint density at radius 2 is 2.00 bits per heavy atom. The van der Waals surface area contributed by atoms with Gasteiger partial charge < -0.3 is 19.8 Å². The van der Waals surface area contributed by atoms with Crippen LogP contribution in [0.5, 0.6) is 0 Å². The third kappa shape index (κ3) is 6.87. The highest BCUT2D eigenvalue weighted by Crippen LogP contribution is 2.01. The van der Waals surface area contributed by atoms with E-state index in [1.807, 2.05) is 18.2 Å². The number of aliphatic imine (C=N–C) groups is 1. The standard InChI is InChI=1S/C19H27N3O2/c1-16(15-23-2)22-19(21-13-11-18-9-6-14-24-18)20-12-10-17-7-4-3-5-8-17/h3-9,14,16H,10-13,15H2,1-2H3,(H2,20,21,22). The lowest BCUT2D eigenvalue weighted by Crippen LogP contribution is -2.44. The van der Waals surface area contributed by atoms with Crippen molar-refractivity contribution in [3.8, 4) is 0 Å². The van der Waals surface area contributed by atoms with Crippen LogP contribution in [0.3, 0.4) is 0 Å². The number of rotatable bonds is 9. The molecule has 1 unspecified atom stereocenters. The minimum Gasteiger partial charge on any atom is -0.469 e. The predicted octanol–water partition coefficient (Wildman–Crippen LogP) is 2.63. The van der Waals surface area contributed by atoms with E-state index in [4.69, 9.17) is 9.15 Å². The Hall–Kier alpha value is -2.27. The monoisotopic (exact) mass is 329 g/mol. The van der Waals surface area contributed by atoms with Gasteiger partial charge in [-0.25, -0.2) is 0 Å². The number of nitrogens with one attached hydrogen (secondary N) is 2. The van der Waals surface area contributed by atoms with Crippen LogP contribution >= 0.6 is 0 Å². The Morgan fingerprint density at radius 3 is 2.71 bits per heavy atom. The fourth-order valence-electron chi connectivity index (χ4n) is 2.38. The van der Waals surface area contributed by atoms with Crippen LogP contribution in [-0.4, -0.2) is 38.8 Å². The molecule has 2 rings (SSSR count). The van der Waals surface area contributed by atoms with Gasteiger partial charge in [0.1, 0.15) is 5.76 Å². The third-order valence-electron chi connectivity index (χ3n) is 3.56. The van der Waals surface area contributed by atoms with Crippen molar-refractivity contribution in [3.63, 3.8) is 0 Å². The van der Waals surface area contributed by atoms with Crippen LogP contribution in [0.2, 0.25) is 0 Å². The molecule has 5 heteroatoms. The second kappa shape index (κ2) is 10.5. The Kier molecular flexibility index (Phi) is 7.90. The van der Waals surface area contributed by atoms with Crippen molar-refractivity contribution >= 4 is 5.96 Å². The van der Waals surface area contributed by atoms with Crippen LogP contribution in [0.25, 0.3) is 0 Å². The van der Waals surface area contributed by atoms with Crippen molar-refractivity contribution in [1.29, 1.82) is 0 Å². The molecular formula is C19H27N3O2. The number of benzene rings is 1. The second-order valence-corrected chi connectivity index (χ2v) is 5.72. The number of methoxy groups -OCH3 is 1. The lowest BCUT2D eigenvalue weighted by atomic mass is 10.1. The molecule has 130 valence electrons. The highest BCUT2D eigenvalue weighted by molar-refractivity contribution is 5.80. The quantitative estimate of drug-likeness (QED) is 0.548. The zero-order valence-electron chi connectivity index (χ0n) is 14.5. The molecule has 0 aliphatic carbocycles. The molecule has 1 atom stereocenters. The maximum absolute atomic E-state index is 5.34. The summed E-state index contributed by atoms with van der Waals surface area (Å²) in [5.41, 5.74) is 1.31. The average molecular weight is 329 g/mol. The van der Waals surface area contributed by atoms with Gasteiger partial charge in [-0.2, -0.15) is 0 Å². The van der Waals surface area contributed by atoms with Gasteiger partial charge in [-0.05, 0) is 31.0 Å². The molecule has 0 spiro atoms. The summed E-state index contributed by atoms with van der Waals surface area (Å²) in [6.07, 6.45) is 3.44. The third-order valence-corrected chi connectivity index (χ3v) is 3.56. The predicted molar refractivity (Wildman–Crippen MR) is 97.3 cm³/mol. The van der Waals surface area contributed by atoms with Crippen LogP contribution in [0.1, 0.15) is 18.2 Å². The zero-order chi connectivity index (χ0) is 17.0. The van der Waals surface area contributed by atoms with Crippen LogP contribution in [0.4, 0.5) is 0 Å². The summed E-state index contributed by atoms with van der Waals surface area (Å²) in [5.74, 6) is 1.76. The lowest BCUT2D eigenvalue weighted by Gasteiger charge is -2.17. The van der Waals surface area contributed by atoms with Crippen molar-refractivity contribution in [3.05, 3.63) is 60.1 Å². The highest BCUT2D eigenvalue weighted by Gasteiger charge is 2.05. The van der Waals surface area contributed by atoms with E-state index < -0.39 is 0 Å². The van der Waals surface area contributed by atoms with Crippen molar-refractivity contribution in [1.82, 2.24) is 10.6 Å². The number of guanidine groups is 1. The smallest absolute Gasteiger partial charge is 0.191 e. The first-order chi connectivity index (χ1) is 11.8. The SMILES string of the molecule is COCC(C)NC(=NCCc1ccco1)NCCc1ccccc1. The summed E-state index contributed by atoms with van der Waals surface area (Å²) in [5, 5.41) is 6.76. The van der Waals surface area contributed by atoms with Crippen molar-refractivity contribution in [2.24, 2.45) is 4.99 Å². The molecule has 2 N–H and O–H groups in total. The summed E-state index contributed by atoms with van der Waals surface area (Å²) in [6.45, 7) is 4.21. The fraction of sp³-hybridized carbons (Fsp3) is 0.421. The van der Waals surface area contributed by atoms with Crippen LogP contribution in [0, 0.1) is 0 Å². The molecule has 0 fully saturated rings. The number of furan rings is 1. The molecule has 0 bridgehead atoms. The molecule has 5 nitrogen and oxygen atoms in total. The first kappa shape index (κ1) is 18.1. The maximum atomic E-state index is 5.34. The molecule has 0 aliphatic rings. The van der Waals surface area contributed by atoms with Crippen LogP contribution < -0.4 is 10.6 Å². The molecule has 1 heterocycles. The van der Waals surface area contributed by atoms with Crippen LogP contribution in [-0.2, 0) is 17.6 Å². The lowest BCUT2D eigenvalue weighted by molar-refractivity contribution is 0.179. The molecular weight excluding hydrogens is 302 g/mol. The number of nitrogens with zero attached hydrogens (tertiary/aromatic N) is 1. The molecule has 0 amide bonds. The molecule has 1 aromatic heterocycles. The van der Waals surface area contributed by atoms with Gasteiger partial charge in [0, 0.05) is 32.7 Å². The minimum atomic E-state index is 0.196. The van der Waals surface area contributed by atoms with Gasteiger partial charge in [-0.15, -0.1) is 0 Å². The van der Waals surface area contributed by atoms with E-state index in [1.54, 1.807) is 13.4 Å². The molecule has 0 aliphatic heterocycles. The van der Waals surface area contributed by atoms with Gasteiger partial charge in [0.25, 0.3) is 0 Å². The topological polar surface area (TPSA) is 58.8 Å². The van der Waals surface area contributed by atoms with E-state index >= 15 is 0 Å². The second-order valence-electron chi connectivity index (χ2n) is 5.72. The molecule has 24 heavy (non-hydrogen) atoms. The highest BCUT2D eigenvalue weighted by atomic mass is 16.5. The van der Waals surface area contributed by atoms with E-state index in [2.05, 4.69) is 46.8 Å². The molecule has 1 aromatic carbocycles. The van der Waals surface area contributed by atoms with E-state index in [1.165, 1.54) is 5.56 Å². The molecule has 0 saturated carbocycles. The van der Waals surface area contributed by atoms with Gasteiger partial charge in [0.15, 0.2) is 5.96 Å². The summed E-state index contributed by atoms with van der Waals surface area (Å²) in [6, 6.07) is 14.5. The Bertz CT molecular complexity index is 582. The Labute approximate surface area is 144 Å². The average Bonchev–Trinajstić information content (AvgIpc) is 3.09. The fourth-order valence-corrected chi connectivity index (χ4v) is 2.38. The number of ether oxygens (including phenoxy) is 1. The maximum Gasteiger partial charge on any atom is 0.191 e. The molecule has 2 aromatic rings. The van der Waals surface area contributed by atoms with Gasteiger partial charge in [-0.3, -0.25) is 4.99 Å². The summed E-state index contributed by atoms with van der Waals surface area (Å²) < 4.78 is 10.5. The molecule has 0 saturated heterocycles.